The van der Waals surface area contributed by atoms with Crippen molar-refractivity contribution in [3.63, 3.8) is 0 Å². The number of hydrogen-bond donors (Lipinski definition) is 1. The van der Waals surface area contributed by atoms with Crippen molar-refractivity contribution in [2.45, 2.75) is 38.6 Å². The average molecular weight is 323 g/mol. The molecule has 124 valence electrons. The zero-order chi connectivity index (χ0) is 17.3. The SMILES string of the molecule is C#CCOc1cccc(C2CC(=O)Nc3c2cnn3C(C)(C)C)c1. The number of aromatic nitrogens is 2. The second-order valence-corrected chi connectivity index (χ2v) is 6.90. The quantitative estimate of drug-likeness (QED) is 0.883. The predicted molar refractivity (Wildman–Crippen MR) is 93.1 cm³/mol. The Hall–Kier alpha value is -2.74. The molecule has 1 unspecified atom stereocenters. The van der Waals surface area contributed by atoms with Crippen LogP contribution in [0.1, 0.15) is 44.2 Å². The van der Waals surface area contributed by atoms with Gasteiger partial charge in [-0.1, -0.05) is 18.1 Å². The Bertz CT molecular complexity index is 809. The molecule has 0 aliphatic carbocycles. The highest BCUT2D eigenvalue weighted by molar-refractivity contribution is 5.94. The molecule has 1 N–H and O–H groups in total. The van der Waals surface area contributed by atoms with E-state index >= 15 is 0 Å². The van der Waals surface area contributed by atoms with Gasteiger partial charge in [0.15, 0.2) is 0 Å². The van der Waals surface area contributed by atoms with E-state index in [1.165, 1.54) is 0 Å². The molecule has 1 aliphatic rings. The van der Waals surface area contributed by atoms with Gasteiger partial charge < -0.3 is 10.1 Å². The molecule has 1 aromatic carbocycles. The van der Waals surface area contributed by atoms with Crippen molar-refractivity contribution in [2.24, 2.45) is 0 Å². The van der Waals surface area contributed by atoms with Gasteiger partial charge in [-0.25, -0.2) is 4.68 Å². The maximum Gasteiger partial charge on any atom is 0.226 e. The number of terminal acetylenes is 1. The molecule has 1 amide bonds. The van der Waals surface area contributed by atoms with Crippen LogP contribution in [-0.2, 0) is 10.3 Å². The highest BCUT2D eigenvalue weighted by atomic mass is 16.5. The third-order valence-corrected chi connectivity index (χ3v) is 4.04. The Morgan fingerprint density at radius 3 is 2.96 bits per heavy atom. The predicted octanol–water partition coefficient (Wildman–Crippen LogP) is 3.12. The topological polar surface area (TPSA) is 56.1 Å². The van der Waals surface area contributed by atoms with Crippen molar-refractivity contribution in [1.82, 2.24) is 9.78 Å². The van der Waals surface area contributed by atoms with Gasteiger partial charge >= 0.3 is 0 Å². The lowest BCUT2D eigenvalue weighted by atomic mass is 9.87. The number of carbonyl (C=O) groups excluding carboxylic acids is 1. The second-order valence-electron chi connectivity index (χ2n) is 6.90. The Kier molecular flexibility index (Phi) is 4.06. The molecule has 5 nitrogen and oxygen atoms in total. The number of nitrogens with zero attached hydrogens (tertiary/aromatic N) is 2. The molecular weight excluding hydrogens is 302 g/mol. The molecule has 0 radical (unpaired) electrons. The maximum atomic E-state index is 12.2. The molecule has 5 heteroatoms. The van der Waals surface area contributed by atoms with E-state index in [2.05, 4.69) is 37.1 Å². The summed E-state index contributed by atoms with van der Waals surface area (Å²) in [5.74, 6) is 3.90. The van der Waals surface area contributed by atoms with E-state index in [-0.39, 0.29) is 24.0 Å². The van der Waals surface area contributed by atoms with Crippen LogP contribution in [0.5, 0.6) is 5.75 Å². The summed E-state index contributed by atoms with van der Waals surface area (Å²) in [5, 5.41) is 7.46. The first kappa shape index (κ1) is 16.1. The lowest BCUT2D eigenvalue weighted by Gasteiger charge is -2.28. The minimum Gasteiger partial charge on any atom is -0.481 e. The molecule has 0 fully saturated rings. The minimum absolute atomic E-state index is 0.00607. The van der Waals surface area contributed by atoms with Crippen molar-refractivity contribution in [3.8, 4) is 18.1 Å². The van der Waals surface area contributed by atoms with Gasteiger partial charge in [0.05, 0.1) is 11.7 Å². The third-order valence-electron chi connectivity index (χ3n) is 4.04. The van der Waals surface area contributed by atoms with Crippen LogP contribution in [-0.4, -0.2) is 22.3 Å². The summed E-state index contributed by atoms with van der Waals surface area (Å²) in [6.07, 6.45) is 7.48. The monoisotopic (exact) mass is 323 g/mol. The lowest BCUT2D eigenvalue weighted by Crippen LogP contribution is -2.30. The van der Waals surface area contributed by atoms with Crippen molar-refractivity contribution in [1.29, 1.82) is 0 Å². The van der Waals surface area contributed by atoms with Crippen molar-refractivity contribution in [2.75, 3.05) is 11.9 Å². The average Bonchev–Trinajstić information content (AvgIpc) is 2.96. The number of fused-ring (bicyclic) bond motifs is 1. The largest absolute Gasteiger partial charge is 0.481 e. The number of hydrogen-bond acceptors (Lipinski definition) is 3. The minimum atomic E-state index is -0.208. The number of carbonyl (C=O) groups is 1. The number of anilines is 1. The fraction of sp³-hybridized carbons (Fsp3) is 0.368. The van der Waals surface area contributed by atoms with E-state index in [4.69, 9.17) is 11.2 Å². The summed E-state index contributed by atoms with van der Waals surface area (Å²) in [6, 6.07) is 7.73. The summed E-state index contributed by atoms with van der Waals surface area (Å²) in [4.78, 5) is 12.2. The van der Waals surface area contributed by atoms with E-state index < -0.39 is 0 Å². The Morgan fingerprint density at radius 2 is 2.25 bits per heavy atom. The Labute approximate surface area is 142 Å². The third kappa shape index (κ3) is 3.00. The summed E-state index contributed by atoms with van der Waals surface area (Å²) < 4.78 is 7.37. The highest BCUT2D eigenvalue weighted by Gasteiger charge is 2.32. The molecule has 0 saturated carbocycles. The summed E-state index contributed by atoms with van der Waals surface area (Å²) in [5.41, 5.74) is 1.84. The molecule has 0 bridgehead atoms. The molecule has 1 atom stereocenters. The first-order valence-electron chi connectivity index (χ1n) is 7.94. The van der Waals surface area contributed by atoms with Crippen LogP contribution in [0.3, 0.4) is 0 Å². The number of ether oxygens (including phenoxy) is 1. The standard InChI is InChI=1S/C19H21N3O2/c1-5-9-24-14-8-6-7-13(10-14)15-11-17(23)21-18-16(15)12-20-22(18)19(2,3)4/h1,6-8,10,12,15H,9,11H2,2-4H3,(H,21,23). The van der Waals surface area contributed by atoms with Crippen LogP contribution >= 0.6 is 0 Å². The zero-order valence-electron chi connectivity index (χ0n) is 14.2. The number of benzene rings is 1. The van der Waals surface area contributed by atoms with E-state index in [0.717, 1.165) is 16.9 Å². The Morgan fingerprint density at radius 1 is 1.46 bits per heavy atom. The van der Waals surface area contributed by atoms with Crippen LogP contribution in [0.25, 0.3) is 0 Å². The lowest BCUT2D eigenvalue weighted by molar-refractivity contribution is -0.116. The van der Waals surface area contributed by atoms with E-state index in [1.807, 2.05) is 35.1 Å². The van der Waals surface area contributed by atoms with Gasteiger partial charge in [-0.2, -0.15) is 5.10 Å². The van der Waals surface area contributed by atoms with Crippen molar-refractivity contribution in [3.05, 3.63) is 41.6 Å². The summed E-state index contributed by atoms with van der Waals surface area (Å²) >= 11 is 0. The fourth-order valence-corrected chi connectivity index (χ4v) is 2.97. The van der Waals surface area contributed by atoms with Gasteiger partial charge in [-0.15, -0.1) is 6.42 Å². The summed E-state index contributed by atoms with van der Waals surface area (Å²) in [6.45, 7) is 6.40. The summed E-state index contributed by atoms with van der Waals surface area (Å²) in [7, 11) is 0. The van der Waals surface area contributed by atoms with Gasteiger partial charge in [0, 0.05) is 17.9 Å². The van der Waals surface area contributed by atoms with Gasteiger partial charge in [0.25, 0.3) is 0 Å². The number of nitrogens with one attached hydrogen (secondary N) is 1. The van der Waals surface area contributed by atoms with Crippen LogP contribution in [0.2, 0.25) is 0 Å². The second kappa shape index (κ2) is 6.04. The number of amides is 1. The molecule has 0 spiro atoms. The van der Waals surface area contributed by atoms with Gasteiger partial charge in [-0.3, -0.25) is 4.79 Å². The van der Waals surface area contributed by atoms with Crippen molar-refractivity contribution < 1.29 is 9.53 Å². The molecular formula is C19H21N3O2. The van der Waals surface area contributed by atoms with Gasteiger partial charge in [0.1, 0.15) is 18.2 Å². The molecule has 1 aliphatic heterocycles. The van der Waals surface area contributed by atoms with E-state index in [0.29, 0.717) is 12.2 Å². The van der Waals surface area contributed by atoms with E-state index in [9.17, 15) is 4.79 Å². The highest BCUT2D eigenvalue weighted by Crippen LogP contribution is 2.39. The van der Waals surface area contributed by atoms with E-state index in [1.54, 1.807) is 0 Å². The van der Waals surface area contributed by atoms with Gasteiger partial charge in [-0.05, 0) is 38.5 Å². The smallest absolute Gasteiger partial charge is 0.226 e. The van der Waals surface area contributed by atoms with Crippen molar-refractivity contribution >= 4 is 11.7 Å². The first-order chi connectivity index (χ1) is 11.4. The zero-order valence-corrected chi connectivity index (χ0v) is 14.2. The molecule has 24 heavy (non-hydrogen) atoms. The van der Waals surface area contributed by atoms with Gasteiger partial charge in [0.2, 0.25) is 5.91 Å². The molecule has 2 heterocycles. The molecule has 2 aromatic rings. The van der Waals surface area contributed by atoms with Crippen LogP contribution < -0.4 is 10.1 Å². The van der Waals surface area contributed by atoms with Crippen LogP contribution in [0.4, 0.5) is 5.82 Å². The normalized spacial score (nSPS) is 16.9. The fourth-order valence-electron chi connectivity index (χ4n) is 2.97. The molecule has 1 aromatic heterocycles. The van der Waals surface area contributed by atoms with Crippen LogP contribution in [0, 0.1) is 12.3 Å². The first-order valence-corrected chi connectivity index (χ1v) is 7.94. The van der Waals surface area contributed by atoms with Crippen LogP contribution in [0.15, 0.2) is 30.5 Å². The molecule has 3 rings (SSSR count). The Balaban J connectivity index is 2.01. The maximum absolute atomic E-state index is 12.2. The number of rotatable bonds is 3. The molecule has 0 saturated heterocycles.